The maximum atomic E-state index is 12.1. The molecule has 0 aromatic heterocycles. The van der Waals surface area contributed by atoms with Crippen LogP contribution in [0.2, 0.25) is 0 Å². The summed E-state index contributed by atoms with van der Waals surface area (Å²) in [4.78, 5) is 25.3. The van der Waals surface area contributed by atoms with Gasteiger partial charge in [-0.3, -0.25) is 14.5 Å². The molecule has 1 aliphatic heterocycles. The number of benzene rings is 1. The van der Waals surface area contributed by atoms with Crippen LogP contribution in [-0.4, -0.2) is 35.7 Å². The van der Waals surface area contributed by atoms with Crippen molar-refractivity contribution in [2.24, 2.45) is 5.73 Å². The molecule has 1 aromatic carbocycles. The molecule has 0 aliphatic carbocycles. The second-order valence-electron chi connectivity index (χ2n) is 4.13. The van der Waals surface area contributed by atoms with E-state index in [2.05, 4.69) is 0 Å². The van der Waals surface area contributed by atoms with Gasteiger partial charge in [0.1, 0.15) is 5.75 Å². The van der Waals surface area contributed by atoms with Crippen molar-refractivity contribution in [2.45, 2.75) is 6.92 Å². The summed E-state index contributed by atoms with van der Waals surface area (Å²) in [7, 11) is 0. The first-order valence-corrected chi connectivity index (χ1v) is 7.15. The van der Waals surface area contributed by atoms with Gasteiger partial charge in [-0.1, -0.05) is 12.1 Å². The molecular weight excluding hydrogens is 276 g/mol. The third-order valence-electron chi connectivity index (χ3n) is 2.69. The van der Waals surface area contributed by atoms with Crippen LogP contribution in [0.4, 0.5) is 4.79 Å². The monoisotopic (exact) mass is 292 g/mol. The van der Waals surface area contributed by atoms with Crippen LogP contribution < -0.4 is 10.5 Å². The minimum atomic E-state index is -0.285. The number of rotatable bonds is 5. The lowest BCUT2D eigenvalue weighted by atomic mass is 10.2. The van der Waals surface area contributed by atoms with Gasteiger partial charge in [-0.05, 0) is 42.5 Å². The smallest absolute Gasteiger partial charge is 0.293 e. The Hall–Kier alpha value is -1.79. The highest BCUT2D eigenvalue weighted by Crippen LogP contribution is 2.32. The lowest BCUT2D eigenvalue weighted by Gasteiger charge is -2.09. The first-order chi connectivity index (χ1) is 9.65. The molecule has 6 heteroatoms. The average molecular weight is 292 g/mol. The number of hydrogen-bond acceptors (Lipinski definition) is 5. The molecule has 5 nitrogen and oxygen atoms in total. The van der Waals surface area contributed by atoms with Gasteiger partial charge in [-0.25, -0.2) is 0 Å². The highest BCUT2D eigenvalue weighted by atomic mass is 32.2. The van der Waals surface area contributed by atoms with Crippen LogP contribution in [0.3, 0.4) is 0 Å². The van der Waals surface area contributed by atoms with E-state index in [-0.39, 0.29) is 24.2 Å². The molecule has 106 valence electrons. The Bertz CT molecular complexity index is 557. The van der Waals surface area contributed by atoms with Crippen LogP contribution in [0.5, 0.6) is 5.75 Å². The Balaban J connectivity index is 2.21. The number of nitrogens with two attached hydrogens (primary N) is 1. The van der Waals surface area contributed by atoms with Crippen molar-refractivity contribution in [3.63, 3.8) is 0 Å². The largest absolute Gasteiger partial charge is 0.494 e. The molecule has 2 N–H and O–H groups in total. The lowest BCUT2D eigenvalue weighted by Crippen LogP contribution is -2.33. The van der Waals surface area contributed by atoms with E-state index >= 15 is 0 Å². The van der Waals surface area contributed by atoms with Gasteiger partial charge in [0.2, 0.25) is 0 Å². The molecule has 2 amide bonds. The van der Waals surface area contributed by atoms with Crippen LogP contribution in [0.25, 0.3) is 6.08 Å². The fourth-order valence-electron chi connectivity index (χ4n) is 1.83. The fourth-order valence-corrected chi connectivity index (χ4v) is 2.70. The summed E-state index contributed by atoms with van der Waals surface area (Å²) in [5.74, 6) is 0.453. The van der Waals surface area contributed by atoms with Crippen LogP contribution in [0, 0.1) is 0 Å². The molecule has 20 heavy (non-hydrogen) atoms. The summed E-state index contributed by atoms with van der Waals surface area (Å²) in [6.45, 7) is 3.01. The highest BCUT2D eigenvalue weighted by molar-refractivity contribution is 8.18. The predicted octanol–water partition coefficient (Wildman–Crippen LogP) is 2.08. The minimum Gasteiger partial charge on any atom is -0.494 e. The van der Waals surface area contributed by atoms with Gasteiger partial charge in [-0.15, -0.1) is 0 Å². The molecule has 1 aromatic rings. The normalized spacial score (nSPS) is 17.1. The third kappa shape index (κ3) is 3.20. The van der Waals surface area contributed by atoms with E-state index in [1.807, 2.05) is 31.2 Å². The summed E-state index contributed by atoms with van der Waals surface area (Å²) in [5, 5.41) is -0.271. The Kier molecular flexibility index (Phi) is 4.81. The van der Waals surface area contributed by atoms with Gasteiger partial charge in [0.15, 0.2) is 0 Å². The Morgan fingerprint density at radius 1 is 1.40 bits per heavy atom. The lowest BCUT2D eigenvalue weighted by molar-refractivity contribution is -0.122. The van der Waals surface area contributed by atoms with E-state index < -0.39 is 0 Å². The Labute approximate surface area is 121 Å². The van der Waals surface area contributed by atoms with E-state index in [0.717, 1.165) is 23.1 Å². The third-order valence-corrected chi connectivity index (χ3v) is 3.60. The van der Waals surface area contributed by atoms with Gasteiger partial charge in [-0.2, -0.15) is 0 Å². The van der Waals surface area contributed by atoms with Crippen molar-refractivity contribution in [1.82, 2.24) is 4.90 Å². The van der Waals surface area contributed by atoms with Gasteiger partial charge in [0.25, 0.3) is 11.1 Å². The van der Waals surface area contributed by atoms with Crippen molar-refractivity contribution < 1.29 is 14.3 Å². The summed E-state index contributed by atoms with van der Waals surface area (Å²) in [6, 6.07) is 7.39. The predicted molar refractivity (Wildman–Crippen MR) is 79.3 cm³/mol. The zero-order chi connectivity index (χ0) is 14.5. The summed E-state index contributed by atoms with van der Waals surface area (Å²) in [6.07, 6.45) is 1.70. The molecule has 1 aliphatic rings. The number of hydrogen-bond donors (Lipinski definition) is 1. The maximum Gasteiger partial charge on any atom is 0.293 e. The molecule has 0 spiro atoms. The first kappa shape index (κ1) is 14.6. The van der Waals surface area contributed by atoms with E-state index in [1.165, 1.54) is 4.90 Å². The highest BCUT2D eigenvalue weighted by Gasteiger charge is 2.34. The van der Waals surface area contributed by atoms with Crippen LogP contribution in [0.15, 0.2) is 29.2 Å². The van der Waals surface area contributed by atoms with Gasteiger partial charge in [0, 0.05) is 13.1 Å². The van der Waals surface area contributed by atoms with Crippen LogP contribution in [0.1, 0.15) is 12.5 Å². The number of carbonyl (C=O) groups is 2. The number of thioether (sulfide) groups is 1. The number of nitrogens with zero attached hydrogens (tertiary/aromatic N) is 1. The van der Waals surface area contributed by atoms with Gasteiger partial charge in [0.05, 0.1) is 11.5 Å². The molecule has 0 radical (unpaired) electrons. The summed E-state index contributed by atoms with van der Waals surface area (Å²) < 4.78 is 5.40. The molecule has 2 rings (SSSR count). The number of imide groups is 1. The average Bonchev–Trinajstić information content (AvgIpc) is 2.68. The molecule has 1 saturated heterocycles. The molecule has 1 heterocycles. The fraction of sp³-hybridized carbons (Fsp3) is 0.286. The molecular formula is C14H16N2O3S. The van der Waals surface area contributed by atoms with E-state index in [4.69, 9.17) is 10.5 Å². The van der Waals surface area contributed by atoms with E-state index in [0.29, 0.717) is 11.5 Å². The Morgan fingerprint density at radius 2 is 2.20 bits per heavy atom. The van der Waals surface area contributed by atoms with Gasteiger partial charge < -0.3 is 10.5 Å². The number of amides is 2. The van der Waals surface area contributed by atoms with Crippen LogP contribution >= 0.6 is 11.8 Å². The second kappa shape index (κ2) is 6.58. The van der Waals surface area contributed by atoms with Crippen molar-refractivity contribution in [3.05, 3.63) is 34.7 Å². The second-order valence-corrected chi connectivity index (χ2v) is 5.12. The van der Waals surface area contributed by atoms with E-state index in [1.54, 1.807) is 6.08 Å². The molecule has 0 unspecified atom stereocenters. The van der Waals surface area contributed by atoms with Crippen molar-refractivity contribution in [3.8, 4) is 5.75 Å². The number of carbonyl (C=O) groups excluding carboxylic acids is 2. The Morgan fingerprint density at radius 3 is 2.90 bits per heavy atom. The molecule has 0 saturated carbocycles. The van der Waals surface area contributed by atoms with Crippen molar-refractivity contribution in [1.29, 1.82) is 0 Å². The summed E-state index contributed by atoms with van der Waals surface area (Å²) in [5.41, 5.74) is 6.22. The maximum absolute atomic E-state index is 12.1. The van der Waals surface area contributed by atoms with Gasteiger partial charge >= 0.3 is 0 Å². The molecule has 0 bridgehead atoms. The van der Waals surface area contributed by atoms with Crippen LogP contribution in [-0.2, 0) is 4.79 Å². The van der Waals surface area contributed by atoms with Crippen molar-refractivity contribution >= 4 is 29.0 Å². The first-order valence-electron chi connectivity index (χ1n) is 6.34. The number of ether oxygens (including phenoxy) is 1. The molecule has 1 fully saturated rings. The topological polar surface area (TPSA) is 72.6 Å². The minimum absolute atomic E-state index is 0.251. The summed E-state index contributed by atoms with van der Waals surface area (Å²) >= 11 is 0.938. The SMILES string of the molecule is CCOc1cccc(/C=C2/SC(=O)N(CCN)C2=O)c1. The molecule has 0 atom stereocenters. The van der Waals surface area contributed by atoms with Crippen molar-refractivity contribution in [2.75, 3.05) is 19.7 Å². The van der Waals surface area contributed by atoms with E-state index in [9.17, 15) is 9.59 Å². The quantitative estimate of drug-likeness (QED) is 0.841. The standard InChI is InChI=1S/C14H16N2O3S/c1-2-19-11-5-3-4-10(8-11)9-12-13(17)16(7-6-15)14(18)20-12/h3-5,8-9H,2,6-7,15H2,1H3/b12-9+. The zero-order valence-electron chi connectivity index (χ0n) is 11.2. The zero-order valence-corrected chi connectivity index (χ0v) is 12.0.